The number of fused-ring (bicyclic) bond motifs is 1. The number of ether oxygens (including phenoxy) is 2. The van der Waals surface area contributed by atoms with Crippen molar-refractivity contribution < 1.29 is 19.4 Å². The Morgan fingerprint density at radius 3 is 2.86 bits per heavy atom. The number of aryl methyl sites for hydroxylation is 1. The molecule has 0 bridgehead atoms. The summed E-state index contributed by atoms with van der Waals surface area (Å²) in [5, 5.41) is 9.89. The number of aromatic nitrogens is 1. The third-order valence-corrected chi connectivity index (χ3v) is 4.79. The topological polar surface area (TPSA) is 68.7 Å². The van der Waals surface area contributed by atoms with Crippen LogP contribution in [0.5, 0.6) is 11.5 Å². The molecule has 0 aliphatic carbocycles. The second kappa shape index (κ2) is 5.65. The third-order valence-electron chi connectivity index (χ3n) is 3.07. The Kier molecular flexibility index (Phi) is 3.86. The van der Waals surface area contributed by atoms with Crippen molar-refractivity contribution in [2.75, 3.05) is 13.2 Å². The summed E-state index contributed by atoms with van der Waals surface area (Å²) in [6.45, 7) is 2.91. The summed E-state index contributed by atoms with van der Waals surface area (Å²) >= 11 is 4.63. The average molecular weight is 370 g/mol. The fraction of sp³-hybridized carbons (Fsp3) is 0.286. The fourth-order valence-corrected chi connectivity index (χ4v) is 3.65. The maximum atomic E-state index is 11.2. The van der Waals surface area contributed by atoms with E-state index in [-0.39, 0.29) is 0 Å². The Labute approximate surface area is 133 Å². The monoisotopic (exact) mass is 369 g/mol. The lowest BCUT2D eigenvalue weighted by Gasteiger charge is -2.20. The zero-order valence-corrected chi connectivity index (χ0v) is 13.6. The standard InChI is InChI=1S/C14H12BrNO4S/c1-2-9-12(14(17)18)21-13(16-9)7-5-8(15)11-10(6-7)19-3-4-20-11/h5-6H,2-4H2,1H3,(H,17,18). The molecule has 0 atom stereocenters. The van der Waals surface area contributed by atoms with Crippen LogP contribution in [0.1, 0.15) is 22.3 Å². The van der Waals surface area contributed by atoms with E-state index in [1.807, 2.05) is 19.1 Å². The fourth-order valence-electron chi connectivity index (χ4n) is 2.12. The van der Waals surface area contributed by atoms with E-state index in [9.17, 15) is 9.90 Å². The zero-order chi connectivity index (χ0) is 15.0. The number of nitrogens with zero attached hydrogens (tertiary/aromatic N) is 1. The molecule has 2 heterocycles. The van der Waals surface area contributed by atoms with Crippen LogP contribution in [0.4, 0.5) is 0 Å². The van der Waals surface area contributed by atoms with Gasteiger partial charge >= 0.3 is 5.97 Å². The van der Waals surface area contributed by atoms with Crippen LogP contribution in [0.2, 0.25) is 0 Å². The molecule has 0 spiro atoms. The highest BCUT2D eigenvalue weighted by Gasteiger charge is 2.21. The summed E-state index contributed by atoms with van der Waals surface area (Å²) in [6.07, 6.45) is 0.587. The molecule has 110 valence electrons. The van der Waals surface area contributed by atoms with E-state index < -0.39 is 5.97 Å². The van der Waals surface area contributed by atoms with Crippen molar-refractivity contribution >= 4 is 33.2 Å². The molecule has 1 N–H and O–H groups in total. The van der Waals surface area contributed by atoms with E-state index in [4.69, 9.17) is 9.47 Å². The van der Waals surface area contributed by atoms with Gasteiger partial charge in [0.15, 0.2) is 11.5 Å². The molecular formula is C14H12BrNO4S. The van der Waals surface area contributed by atoms with Crippen molar-refractivity contribution in [1.29, 1.82) is 0 Å². The lowest BCUT2D eigenvalue weighted by molar-refractivity contribution is 0.0701. The normalized spacial score (nSPS) is 13.2. The largest absolute Gasteiger partial charge is 0.486 e. The minimum absolute atomic E-state index is 0.290. The molecule has 1 aliphatic heterocycles. The number of hydrogen-bond acceptors (Lipinski definition) is 5. The number of carbonyl (C=O) groups is 1. The second-order valence-electron chi connectivity index (χ2n) is 4.44. The quantitative estimate of drug-likeness (QED) is 0.894. The second-order valence-corrected chi connectivity index (χ2v) is 6.29. The van der Waals surface area contributed by atoms with Gasteiger partial charge in [-0.3, -0.25) is 0 Å². The maximum Gasteiger partial charge on any atom is 0.347 e. The molecule has 0 fully saturated rings. The molecule has 0 saturated heterocycles. The van der Waals surface area contributed by atoms with E-state index in [0.29, 0.717) is 46.7 Å². The summed E-state index contributed by atoms with van der Waals surface area (Å²) in [5.41, 5.74) is 1.42. The van der Waals surface area contributed by atoms with Crippen molar-refractivity contribution in [3.05, 3.63) is 27.2 Å². The van der Waals surface area contributed by atoms with Crippen molar-refractivity contribution in [3.63, 3.8) is 0 Å². The lowest BCUT2D eigenvalue weighted by atomic mass is 10.2. The summed E-state index contributed by atoms with van der Waals surface area (Å²) in [7, 11) is 0. The Bertz CT molecular complexity index is 713. The van der Waals surface area contributed by atoms with Gasteiger partial charge in [-0.2, -0.15) is 0 Å². The molecule has 2 aromatic rings. The molecule has 1 aromatic carbocycles. The van der Waals surface area contributed by atoms with Gasteiger partial charge in [0.25, 0.3) is 0 Å². The van der Waals surface area contributed by atoms with Crippen LogP contribution in [-0.4, -0.2) is 29.3 Å². The lowest BCUT2D eigenvalue weighted by Crippen LogP contribution is -2.15. The number of carboxylic acids is 1. The minimum Gasteiger partial charge on any atom is -0.486 e. The molecule has 0 radical (unpaired) electrons. The third kappa shape index (κ3) is 2.63. The van der Waals surface area contributed by atoms with E-state index in [1.165, 1.54) is 11.3 Å². The molecule has 3 rings (SSSR count). The van der Waals surface area contributed by atoms with Crippen LogP contribution < -0.4 is 9.47 Å². The van der Waals surface area contributed by atoms with E-state index >= 15 is 0 Å². The molecule has 21 heavy (non-hydrogen) atoms. The van der Waals surface area contributed by atoms with Crippen molar-refractivity contribution in [1.82, 2.24) is 4.98 Å². The number of carboxylic acid groups (broad SMARTS) is 1. The Morgan fingerprint density at radius 2 is 2.19 bits per heavy atom. The predicted octanol–water partition coefficient (Wildman–Crippen LogP) is 3.60. The van der Waals surface area contributed by atoms with E-state index in [1.54, 1.807) is 0 Å². The molecular weight excluding hydrogens is 358 g/mol. The zero-order valence-electron chi connectivity index (χ0n) is 11.2. The first kappa shape index (κ1) is 14.3. The number of thiazole rings is 1. The number of rotatable bonds is 3. The number of hydrogen-bond donors (Lipinski definition) is 1. The van der Waals surface area contributed by atoms with Crippen LogP contribution in [0.3, 0.4) is 0 Å². The summed E-state index contributed by atoms with van der Waals surface area (Å²) in [6, 6.07) is 3.71. The van der Waals surface area contributed by atoms with Gasteiger partial charge in [0.05, 0.1) is 10.2 Å². The number of aromatic carboxylic acids is 1. The minimum atomic E-state index is -0.938. The molecule has 0 saturated carbocycles. The molecule has 1 aliphatic rings. The van der Waals surface area contributed by atoms with Gasteiger partial charge in [0.2, 0.25) is 0 Å². The van der Waals surface area contributed by atoms with Gasteiger partial charge in [-0.15, -0.1) is 11.3 Å². The molecule has 7 heteroatoms. The van der Waals surface area contributed by atoms with Crippen molar-refractivity contribution in [2.24, 2.45) is 0 Å². The van der Waals surface area contributed by atoms with Crippen LogP contribution in [-0.2, 0) is 6.42 Å². The first-order valence-electron chi connectivity index (χ1n) is 6.42. The SMILES string of the molecule is CCc1nc(-c2cc(Br)c3c(c2)OCCO3)sc1C(=O)O. The molecule has 0 amide bonds. The highest BCUT2D eigenvalue weighted by molar-refractivity contribution is 9.10. The first-order valence-corrected chi connectivity index (χ1v) is 8.03. The Balaban J connectivity index is 2.08. The van der Waals surface area contributed by atoms with Gasteiger partial charge in [-0.05, 0) is 34.5 Å². The summed E-state index contributed by atoms with van der Waals surface area (Å²) < 4.78 is 11.9. The highest BCUT2D eigenvalue weighted by Crippen LogP contribution is 2.42. The summed E-state index contributed by atoms with van der Waals surface area (Å²) in [4.78, 5) is 16.0. The molecule has 5 nitrogen and oxygen atoms in total. The van der Waals surface area contributed by atoms with Gasteiger partial charge in [0, 0.05) is 5.56 Å². The Hall–Kier alpha value is -1.60. The first-order chi connectivity index (χ1) is 10.1. The van der Waals surface area contributed by atoms with Crippen molar-refractivity contribution in [2.45, 2.75) is 13.3 Å². The van der Waals surface area contributed by atoms with Gasteiger partial charge < -0.3 is 14.6 Å². The van der Waals surface area contributed by atoms with E-state index in [0.717, 1.165) is 10.0 Å². The van der Waals surface area contributed by atoms with Gasteiger partial charge in [0.1, 0.15) is 23.1 Å². The number of halogens is 1. The van der Waals surface area contributed by atoms with Gasteiger partial charge in [-0.1, -0.05) is 6.92 Å². The van der Waals surface area contributed by atoms with E-state index in [2.05, 4.69) is 20.9 Å². The average Bonchev–Trinajstić information content (AvgIpc) is 2.92. The number of benzene rings is 1. The highest BCUT2D eigenvalue weighted by atomic mass is 79.9. The maximum absolute atomic E-state index is 11.2. The van der Waals surface area contributed by atoms with Crippen LogP contribution in [0.25, 0.3) is 10.6 Å². The van der Waals surface area contributed by atoms with Crippen LogP contribution >= 0.6 is 27.3 Å². The van der Waals surface area contributed by atoms with Crippen molar-refractivity contribution in [3.8, 4) is 22.1 Å². The smallest absolute Gasteiger partial charge is 0.347 e. The summed E-state index contributed by atoms with van der Waals surface area (Å²) in [5.74, 6) is 0.388. The predicted molar refractivity (Wildman–Crippen MR) is 82.6 cm³/mol. The molecule has 1 aromatic heterocycles. The Morgan fingerprint density at radius 1 is 1.43 bits per heavy atom. The van der Waals surface area contributed by atoms with Gasteiger partial charge in [-0.25, -0.2) is 9.78 Å². The molecule has 0 unspecified atom stereocenters. The van der Waals surface area contributed by atoms with Crippen LogP contribution in [0.15, 0.2) is 16.6 Å². The van der Waals surface area contributed by atoms with Crippen LogP contribution in [0, 0.1) is 0 Å².